The van der Waals surface area contributed by atoms with Gasteiger partial charge in [-0.15, -0.1) is 10.2 Å². The first-order valence-electron chi connectivity index (χ1n) is 10.5. The van der Waals surface area contributed by atoms with Gasteiger partial charge in [-0.1, -0.05) is 25.1 Å². The van der Waals surface area contributed by atoms with Gasteiger partial charge in [-0.2, -0.15) is 4.80 Å². The zero-order valence-electron chi connectivity index (χ0n) is 18.6. The second-order valence-corrected chi connectivity index (χ2v) is 8.28. The van der Waals surface area contributed by atoms with Gasteiger partial charge in [0.15, 0.2) is 5.11 Å². The van der Waals surface area contributed by atoms with Gasteiger partial charge in [0.05, 0.1) is 5.69 Å². The van der Waals surface area contributed by atoms with Crippen molar-refractivity contribution >= 4 is 40.0 Å². The van der Waals surface area contributed by atoms with Gasteiger partial charge in [-0.25, -0.2) is 0 Å². The van der Waals surface area contributed by atoms with Crippen molar-refractivity contribution < 1.29 is 4.79 Å². The summed E-state index contributed by atoms with van der Waals surface area (Å²) < 4.78 is 0. The van der Waals surface area contributed by atoms with Crippen molar-refractivity contribution in [3.63, 3.8) is 0 Å². The van der Waals surface area contributed by atoms with Crippen molar-refractivity contribution in [2.45, 2.75) is 34.1 Å². The fourth-order valence-electron chi connectivity index (χ4n) is 3.39. The summed E-state index contributed by atoms with van der Waals surface area (Å²) in [6.07, 6.45) is 0.989. The van der Waals surface area contributed by atoms with Crippen LogP contribution in [0.15, 0.2) is 54.6 Å². The smallest absolute Gasteiger partial charge is 0.257 e. The summed E-state index contributed by atoms with van der Waals surface area (Å²) in [5.74, 6) is -0.245. The molecule has 0 saturated heterocycles. The van der Waals surface area contributed by atoms with Gasteiger partial charge >= 0.3 is 0 Å². The molecule has 0 bridgehead atoms. The monoisotopic (exact) mass is 443 g/mol. The summed E-state index contributed by atoms with van der Waals surface area (Å²) in [6, 6.07) is 17.6. The Morgan fingerprint density at radius 1 is 0.906 bits per heavy atom. The van der Waals surface area contributed by atoms with Crippen molar-refractivity contribution in [2.75, 3.05) is 5.32 Å². The predicted molar refractivity (Wildman–Crippen MR) is 133 cm³/mol. The normalized spacial score (nSPS) is 10.9. The van der Waals surface area contributed by atoms with Crippen LogP contribution in [0.4, 0.5) is 5.69 Å². The van der Waals surface area contributed by atoms with Crippen LogP contribution < -0.4 is 10.6 Å². The molecule has 0 radical (unpaired) electrons. The lowest BCUT2D eigenvalue weighted by Crippen LogP contribution is -2.34. The summed E-state index contributed by atoms with van der Waals surface area (Å²) in [7, 11) is 0. The number of carbonyl (C=O) groups is 1. The van der Waals surface area contributed by atoms with Gasteiger partial charge < -0.3 is 5.32 Å². The highest BCUT2D eigenvalue weighted by atomic mass is 32.1. The van der Waals surface area contributed by atoms with Gasteiger partial charge in [0.1, 0.15) is 11.0 Å². The van der Waals surface area contributed by atoms with Gasteiger partial charge in [-0.3, -0.25) is 10.1 Å². The first-order valence-corrected chi connectivity index (χ1v) is 10.9. The number of rotatable bonds is 4. The van der Waals surface area contributed by atoms with E-state index < -0.39 is 0 Å². The van der Waals surface area contributed by atoms with Crippen LogP contribution in [0.3, 0.4) is 0 Å². The zero-order chi connectivity index (χ0) is 22.8. The summed E-state index contributed by atoms with van der Waals surface area (Å²) in [4.78, 5) is 14.2. The molecule has 0 saturated carbocycles. The molecule has 0 unspecified atom stereocenters. The number of nitrogens with zero attached hydrogens (tertiary/aromatic N) is 3. The number of carbonyl (C=O) groups excluding carboxylic acids is 1. The molecule has 4 aromatic rings. The minimum atomic E-state index is -0.245. The number of hydrogen-bond acceptors (Lipinski definition) is 4. The molecule has 1 heterocycles. The van der Waals surface area contributed by atoms with E-state index in [4.69, 9.17) is 12.2 Å². The SMILES string of the molecule is CCc1ccc(-n2nc3cc(C)c(NC(=S)NC(=O)c4ccc(C)c(C)c4)cc3n2)cc1. The molecule has 0 aliphatic heterocycles. The van der Waals surface area contributed by atoms with Gasteiger partial charge in [0.25, 0.3) is 5.91 Å². The van der Waals surface area contributed by atoms with Crippen molar-refractivity contribution in [3.8, 4) is 5.69 Å². The molecule has 0 atom stereocenters. The number of benzene rings is 3. The largest absolute Gasteiger partial charge is 0.332 e. The van der Waals surface area contributed by atoms with Crippen LogP contribution in [0.2, 0.25) is 0 Å². The summed E-state index contributed by atoms with van der Waals surface area (Å²) >= 11 is 5.37. The Hall–Kier alpha value is -3.58. The molecule has 1 aromatic heterocycles. The minimum Gasteiger partial charge on any atom is -0.332 e. The second kappa shape index (κ2) is 8.88. The lowest BCUT2D eigenvalue weighted by molar-refractivity contribution is 0.0977. The Kier molecular flexibility index (Phi) is 6.01. The van der Waals surface area contributed by atoms with E-state index in [2.05, 4.69) is 39.9 Å². The fourth-order valence-corrected chi connectivity index (χ4v) is 3.60. The fraction of sp³-hybridized carbons (Fsp3) is 0.200. The molecule has 0 aliphatic carbocycles. The maximum Gasteiger partial charge on any atom is 0.257 e. The van der Waals surface area contributed by atoms with Crippen LogP contribution in [0.5, 0.6) is 0 Å². The van der Waals surface area contributed by atoms with Crippen molar-refractivity contribution in [2.24, 2.45) is 0 Å². The van der Waals surface area contributed by atoms with E-state index >= 15 is 0 Å². The first kappa shape index (κ1) is 21.6. The Bertz CT molecular complexity index is 1320. The third-order valence-corrected chi connectivity index (χ3v) is 5.75. The Labute approximate surface area is 192 Å². The highest BCUT2D eigenvalue weighted by molar-refractivity contribution is 7.80. The number of fused-ring (bicyclic) bond motifs is 1. The molecule has 7 heteroatoms. The van der Waals surface area contributed by atoms with Crippen molar-refractivity contribution in [1.82, 2.24) is 20.3 Å². The quantitative estimate of drug-likeness (QED) is 0.433. The van der Waals surface area contributed by atoms with Gasteiger partial charge in [-0.05, 0) is 98.1 Å². The van der Waals surface area contributed by atoms with E-state index in [0.29, 0.717) is 5.56 Å². The average Bonchev–Trinajstić information content (AvgIpc) is 3.18. The molecular formula is C25H25N5OS. The van der Waals surface area contributed by atoms with Crippen LogP contribution in [0.1, 0.15) is 39.5 Å². The van der Waals surface area contributed by atoms with Crippen molar-refractivity contribution in [1.29, 1.82) is 0 Å². The first-order chi connectivity index (χ1) is 15.3. The highest BCUT2D eigenvalue weighted by Crippen LogP contribution is 2.22. The summed E-state index contributed by atoms with van der Waals surface area (Å²) in [5, 5.41) is 15.3. The molecule has 1 amide bonds. The van der Waals surface area contributed by atoms with E-state index in [-0.39, 0.29) is 11.0 Å². The molecule has 2 N–H and O–H groups in total. The average molecular weight is 444 g/mol. The van der Waals surface area contributed by atoms with Crippen molar-refractivity contribution in [3.05, 3.63) is 82.4 Å². The summed E-state index contributed by atoms with van der Waals surface area (Å²) in [5.41, 5.74) is 8.20. The third-order valence-electron chi connectivity index (χ3n) is 5.55. The van der Waals surface area contributed by atoms with Crippen LogP contribution >= 0.6 is 12.2 Å². The number of amides is 1. The number of aryl methyl sites for hydroxylation is 4. The molecule has 3 aromatic carbocycles. The maximum absolute atomic E-state index is 12.5. The number of thiocarbonyl (C=S) groups is 1. The lowest BCUT2D eigenvalue weighted by Gasteiger charge is -2.12. The van der Waals surface area contributed by atoms with Gasteiger partial charge in [0, 0.05) is 11.3 Å². The lowest BCUT2D eigenvalue weighted by atomic mass is 10.1. The highest BCUT2D eigenvalue weighted by Gasteiger charge is 2.12. The Balaban J connectivity index is 1.52. The van der Waals surface area contributed by atoms with E-state index in [0.717, 1.165) is 45.5 Å². The molecule has 6 nitrogen and oxygen atoms in total. The molecule has 32 heavy (non-hydrogen) atoms. The minimum absolute atomic E-state index is 0.234. The van der Waals surface area contributed by atoms with Crippen LogP contribution in [0, 0.1) is 20.8 Å². The second-order valence-electron chi connectivity index (χ2n) is 7.87. The number of aromatic nitrogens is 3. The Morgan fingerprint density at radius 2 is 1.59 bits per heavy atom. The standard InChI is InChI=1S/C25H25N5OS/c1-5-18-7-10-20(11-8-18)30-28-22-13-17(4)21(14-23(22)29-30)26-25(32)27-24(31)19-9-6-15(2)16(3)12-19/h6-14H,5H2,1-4H3,(H2,26,27,31,32). The Morgan fingerprint density at radius 3 is 2.25 bits per heavy atom. The number of hydrogen-bond donors (Lipinski definition) is 2. The van der Waals surface area contributed by atoms with Gasteiger partial charge in [0.2, 0.25) is 0 Å². The van der Waals surface area contributed by atoms with E-state index in [1.807, 2.05) is 57.2 Å². The third kappa shape index (κ3) is 4.53. The molecular weight excluding hydrogens is 418 g/mol. The number of anilines is 1. The summed E-state index contributed by atoms with van der Waals surface area (Å²) in [6.45, 7) is 8.08. The van der Waals surface area contributed by atoms with Crippen LogP contribution in [-0.2, 0) is 6.42 Å². The topological polar surface area (TPSA) is 71.8 Å². The molecule has 0 aliphatic rings. The number of nitrogens with one attached hydrogen (secondary N) is 2. The molecule has 0 spiro atoms. The van der Waals surface area contributed by atoms with E-state index in [1.165, 1.54) is 5.56 Å². The molecule has 4 rings (SSSR count). The van der Waals surface area contributed by atoms with Crippen LogP contribution in [-0.4, -0.2) is 26.0 Å². The maximum atomic E-state index is 12.5. The molecule has 0 fully saturated rings. The van der Waals surface area contributed by atoms with E-state index in [9.17, 15) is 4.79 Å². The molecule has 162 valence electrons. The predicted octanol–water partition coefficient (Wildman–Crippen LogP) is 5.03. The van der Waals surface area contributed by atoms with E-state index in [1.54, 1.807) is 10.9 Å². The zero-order valence-corrected chi connectivity index (χ0v) is 19.4. The van der Waals surface area contributed by atoms with Crippen LogP contribution in [0.25, 0.3) is 16.7 Å².